The summed E-state index contributed by atoms with van der Waals surface area (Å²) in [6.45, 7) is 5.66. The van der Waals surface area contributed by atoms with E-state index in [0.717, 1.165) is 19.4 Å². The van der Waals surface area contributed by atoms with Crippen molar-refractivity contribution in [2.45, 2.75) is 38.0 Å². The Bertz CT molecular complexity index is 377. The summed E-state index contributed by atoms with van der Waals surface area (Å²) in [5.41, 5.74) is 0.241. The van der Waals surface area contributed by atoms with Crippen LogP contribution in [0.3, 0.4) is 0 Å². The van der Waals surface area contributed by atoms with Gasteiger partial charge in [0.15, 0.2) is 0 Å². The summed E-state index contributed by atoms with van der Waals surface area (Å²) in [5.74, 6) is -0.452. The van der Waals surface area contributed by atoms with Crippen LogP contribution in [0.4, 0.5) is 0 Å². The molecule has 0 aliphatic heterocycles. The molecule has 0 radical (unpaired) electrons. The van der Waals surface area contributed by atoms with Crippen molar-refractivity contribution >= 4 is 17.7 Å². The topological polar surface area (TPSA) is 62.5 Å². The molecule has 0 unspecified atom stereocenters. The lowest BCUT2D eigenvalue weighted by Crippen LogP contribution is -2.36. The summed E-state index contributed by atoms with van der Waals surface area (Å²) in [6, 6.07) is 1.49. The fourth-order valence-corrected chi connectivity index (χ4v) is 2.76. The third-order valence-electron chi connectivity index (χ3n) is 3.43. The number of thioether (sulfide) groups is 1. The van der Waals surface area contributed by atoms with Gasteiger partial charge in [0.2, 0.25) is 0 Å². The predicted molar refractivity (Wildman–Crippen MR) is 74.2 cm³/mol. The third-order valence-corrected chi connectivity index (χ3v) is 5.02. The number of furan rings is 1. The lowest BCUT2D eigenvalue weighted by atomic mass is 10.0. The van der Waals surface area contributed by atoms with Crippen LogP contribution in [-0.2, 0) is 6.54 Å². The molecule has 4 nitrogen and oxygen atoms in total. The molecule has 0 aliphatic carbocycles. The molecular formula is C13H21NO3S. The molecule has 5 heteroatoms. The van der Waals surface area contributed by atoms with Gasteiger partial charge in [-0.2, -0.15) is 11.8 Å². The molecule has 0 amide bonds. The molecule has 0 saturated carbocycles. The van der Waals surface area contributed by atoms with Crippen LogP contribution in [0, 0.1) is 0 Å². The predicted octanol–water partition coefficient (Wildman–Crippen LogP) is 2.99. The van der Waals surface area contributed by atoms with Gasteiger partial charge in [0, 0.05) is 11.3 Å². The molecular weight excluding hydrogens is 250 g/mol. The van der Waals surface area contributed by atoms with Crippen molar-refractivity contribution in [1.29, 1.82) is 0 Å². The molecule has 0 aromatic carbocycles. The molecule has 0 atom stereocenters. The fraction of sp³-hybridized carbons (Fsp3) is 0.615. The monoisotopic (exact) mass is 271 g/mol. The fourth-order valence-electron chi connectivity index (χ4n) is 1.93. The number of hydrogen-bond donors (Lipinski definition) is 2. The zero-order chi connectivity index (χ0) is 13.6. The second-order valence-electron chi connectivity index (χ2n) is 4.26. The van der Waals surface area contributed by atoms with E-state index in [9.17, 15) is 4.79 Å². The first kappa shape index (κ1) is 15.1. The van der Waals surface area contributed by atoms with Crippen molar-refractivity contribution in [1.82, 2.24) is 5.32 Å². The number of carbonyl (C=O) groups is 1. The molecule has 1 aromatic rings. The van der Waals surface area contributed by atoms with Crippen molar-refractivity contribution in [3.8, 4) is 0 Å². The minimum Gasteiger partial charge on any atom is -0.478 e. The zero-order valence-corrected chi connectivity index (χ0v) is 12.0. The Kier molecular flexibility index (Phi) is 5.75. The zero-order valence-electron chi connectivity index (χ0n) is 11.2. The second kappa shape index (κ2) is 6.85. The smallest absolute Gasteiger partial charge is 0.339 e. The maximum atomic E-state index is 10.9. The van der Waals surface area contributed by atoms with E-state index in [1.54, 1.807) is 0 Å². The molecule has 0 saturated heterocycles. The van der Waals surface area contributed by atoms with Gasteiger partial charge in [0.05, 0.1) is 12.8 Å². The molecule has 1 heterocycles. The highest BCUT2D eigenvalue weighted by Crippen LogP contribution is 2.29. The van der Waals surface area contributed by atoms with Crippen LogP contribution in [0.25, 0.3) is 0 Å². The summed E-state index contributed by atoms with van der Waals surface area (Å²) >= 11 is 1.86. The van der Waals surface area contributed by atoms with Crippen molar-refractivity contribution in [2.75, 3.05) is 12.8 Å². The van der Waals surface area contributed by atoms with Gasteiger partial charge in [-0.05, 0) is 25.2 Å². The molecule has 0 bridgehead atoms. The van der Waals surface area contributed by atoms with E-state index in [-0.39, 0.29) is 10.3 Å². The summed E-state index contributed by atoms with van der Waals surface area (Å²) in [5, 5.41) is 12.3. The van der Waals surface area contributed by atoms with Crippen LogP contribution < -0.4 is 5.32 Å². The van der Waals surface area contributed by atoms with Gasteiger partial charge in [-0.25, -0.2) is 4.79 Å². The van der Waals surface area contributed by atoms with Crippen LogP contribution in [0.2, 0.25) is 0 Å². The Hall–Kier alpha value is -0.940. The summed E-state index contributed by atoms with van der Waals surface area (Å²) in [4.78, 5) is 10.9. The van der Waals surface area contributed by atoms with Crippen LogP contribution in [0.1, 0.15) is 42.8 Å². The van der Waals surface area contributed by atoms with Crippen molar-refractivity contribution in [3.63, 3.8) is 0 Å². The van der Waals surface area contributed by atoms with E-state index in [4.69, 9.17) is 9.52 Å². The van der Waals surface area contributed by atoms with E-state index >= 15 is 0 Å². The molecule has 102 valence electrons. The summed E-state index contributed by atoms with van der Waals surface area (Å²) in [6.07, 6.45) is 5.70. The first-order chi connectivity index (χ1) is 8.58. The molecule has 18 heavy (non-hydrogen) atoms. The van der Waals surface area contributed by atoms with Gasteiger partial charge in [-0.3, -0.25) is 0 Å². The Balaban J connectivity index is 2.55. The van der Waals surface area contributed by atoms with E-state index in [0.29, 0.717) is 12.3 Å². The van der Waals surface area contributed by atoms with Gasteiger partial charge in [-0.15, -0.1) is 0 Å². The number of carboxylic acids is 1. The molecule has 2 N–H and O–H groups in total. The number of nitrogens with one attached hydrogen (secondary N) is 1. The number of carboxylic acid groups (broad SMARTS) is 1. The Morgan fingerprint density at radius 3 is 2.67 bits per heavy atom. The molecule has 0 fully saturated rings. The lowest BCUT2D eigenvalue weighted by Gasteiger charge is -2.29. The standard InChI is InChI=1S/C13H21NO3S/c1-4-13(5-2,18-3)9-14-8-11-10(12(15)16)6-7-17-11/h6-7,14H,4-5,8-9H2,1-3H3,(H,15,16). The maximum Gasteiger partial charge on any atom is 0.339 e. The average Bonchev–Trinajstić information content (AvgIpc) is 2.84. The molecule has 0 aliphatic rings. The van der Waals surface area contributed by atoms with E-state index in [1.165, 1.54) is 12.3 Å². The number of rotatable bonds is 8. The van der Waals surface area contributed by atoms with E-state index < -0.39 is 5.97 Å². The van der Waals surface area contributed by atoms with Gasteiger partial charge in [0.25, 0.3) is 0 Å². The minimum atomic E-state index is -0.942. The molecule has 0 spiro atoms. The third kappa shape index (κ3) is 3.53. The SMILES string of the molecule is CCC(CC)(CNCc1occc1C(=O)O)SC. The second-order valence-corrected chi connectivity index (χ2v) is 5.53. The first-order valence-corrected chi connectivity index (χ1v) is 7.36. The first-order valence-electron chi connectivity index (χ1n) is 6.14. The molecule has 1 rings (SSSR count). The van der Waals surface area contributed by atoms with Crippen molar-refractivity contribution in [3.05, 3.63) is 23.7 Å². The Morgan fingerprint density at radius 2 is 2.17 bits per heavy atom. The average molecular weight is 271 g/mol. The lowest BCUT2D eigenvalue weighted by molar-refractivity contribution is 0.0694. The van der Waals surface area contributed by atoms with Crippen LogP contribution in [0.15, 0.2) is 16.7 Å². The van der Waals surface area contributed by atoms with Crippen LogP contribution in [-0.4, -0.2) is 28.6 Å². The van der Waals surface area contributed by atoms with Crippen LogP contribution >= 0.6 is 11.8 Å². The van der Waals surface area contributed by atoms with Crippen LogP contribution in [0.5, 0.6) is 0 Å². The highest BCUT2D eigenvalue weighted by Gasteiger charge is 2.24. The highest BCUT2D eigenvalue weighted by atomic mass is 32.2. The van der Waals surface area contributed by atoms with Crippen molar-refractivity contribution in [2.24, 2.45) is 0 Å². The van der Waals surface area contributed by atoms with E-state index in [2.05, 4.69) is 25.4 Å². The summed E-state index contributed by atoms with van der Waals surface area (Å²) < 4.78 is 5.41. The number of aromatic carboxylic acids is 1. The normalized spacial score (nSPS) is 11.7. The van der Waals surface area contributed by atoms with E-state index in [1.807, 2.05) is 11.8 Å². The van der Waals surface area contributed by atoms with Gasteiger partial charge in [-0.1, -0.05) is 13.8 Å². The van der Waals surface area contributed by atoms with Gasteiger partial charge in [0.1, 0.15) is 11.3 Å². The maximum absolute atomic E-state index is 10.9. The van der Waals surface area contributed by atoms with Gasteiger partial charge < -0.3 is 14.8 Å². The van der Waals surface area contributed by atoms with Gasteiger partial charge >= 0.3 is 5.97 Å². The Labute approximate surface area is 112 Å². The largest absolute Gasteiger partial charge is 0.478 e. The quantitative estimate of drug-likeness (QED) is 0.761. The Morgan fingerprint density at radius 1 is 1.50 bits per heavy atom. The van der Waals surface area contributed by atoms with Crippen molar-refractivity contribution < 1.29 is 14.3 Å². The summed E-state index contributed by atoms with van der Waals surface area (Å²) in [7, 11) is 0. The highest BCUT2D eigenvalue weighted by molar-refractivity contribution is 8.00. The molecule has 1 aromatic heterocycles. The number of hydrogen-bond acceptors (Lipinski definition) is 4. The minimum absolute atomic E-state index is 0.218.